The number of nitrogens with zero attached hydrogens (tertiary/aromatic N) is 4. The minimum Gasteiger partial charge on any atom is -0.444 e. The lowest BCUT2D eigenvalue weighted by Crippen LogP contribution is -2.50. The predicted octanol–water partition coefficient (Wildman–Crippen LogP) is 3.22. The highest BCUT2D eigenvalue weighted by atomic mass is 32.2. The summed E-state index contributed by atoms with van der Waals surface area (Å²) < 4.78 is 76.0. The summed E-state index contributed by atoms with van der Waals surface area (Å²) in [5.74, 6) is -0.765. The highest BCUT2D eigenvalue weighted by Crippen LogP contribution is 2.40. The van der Waals surface area contributed by atoms with Crippen LogP contribution >= 0.6 is 0 Å². The summed E-state index contributed by atoms with van der Waals surface area (Å²) in [6, 6.07) is 3.43. The average Bonchev–Trinajstić information content (AvgIpc) is 3.22. The fraction of sp³-hybridized carbons (Fsp3) is 0.500. The van der Waals surface area contributed by atoms with Crippen LogP contribution in [0.1, 0.15) is 45.6 Å². The Kier molecular flexibility index (Phi) is 6.71. The van der Waals surface area contributed by atoms with E-state index in [4.69, 9.17) is 4.74 Å². The number of alkyl halides is 3. The van der Waals surface area contributed by atoms with Gasteiger partial charge in [0.1, 0.15) is 17.2 Å². The van der Waals surface area contributed by atoms with E-state index in [1.807, 2.05) is 6.07 Å². The summed E-state index contributed by atoms with van der Waals surface area (Å²) in [6.07, 6.45) is -1.61. The van der Waals surface area contributed by atoms with Crippen molar-refractivity contribution >= 4 is 21.8 Å². The number of benzene rings is 1. The van der Waals surface area contributed by atoms with Crippen molar-refractivity contribution in [2.45, 2.75) is 73.5 Å². The zero-order valence-corrected chi connectivity index (χ0v) is 21.6. The van der Waals surface area contributed by atoms with Crippen LogP contribution in [0.2, 0.25) is 0 Å². The molecule has 0 spiro atoms. The number of amides is 2. The van der Waals surface area contributed by atoms with E-state index in [1.54, 1.807) is 20.8 Å². The molecule has 1 aromatic heterocycles. The number of imidazole rings is 1. The molecule has 10 nitrogen and oxygen atoms in total. The predicted molar refractivity (Wildman–Crippen MR) is 127 cm³/mol. The minimum atomic E-state index is -5.01. The molecule has 2 fully saturated rings. The maximum absolute atomic E-state index is 14.0. The number of hydrogen-bond donors (Lipinski definition) is 1. The fourth-order valence-electron chi connectivity index (χ4n) is 4.24. The van der Waals surface area contributed by atoms with E-state index in [2.05, 4.69) is 10.3 Å². The van der Waals surface area contributed by atoms with E-state index in [0.29, 0.717) is 18.9 Å². The van der Waals surface area contributed by atoms with Gasteiger partial charge in [-0.3, -0.25) is 9.69 Å². The van der Waals surface area contributed by atoms with Crippen molar-refractivity contribution in [2.24, 2.45) is 0 Å². The lowest BCUT2D eigenvalue weighted by Gasteiger charge is -2.28. The molecule has 1 aliphatic carbocycles. The number of hydrogen-bond acceptors (Lipinski definition) is 7. The van der Waals surface area contributed by atoms with Gasteiger partial charge in [0.2, 0.25) is 5.91 Å². The minimum absolute atomic E-state index is 0.0547. The lowest BCUT2D eigenvalue weighted by atomic mass is 10.1. The number of rotatable bonds is 5. The van der Waals surface area contributed by atoms with Gasteiger partial charge >= 0.3 is 12.3 Å². The van der Waals surface area contributed by atoms with E-state index in [-0.39, 0.29) is 5.69 Å². The van der Waals surface area contributed by atoms with Gasteiger partial charge in [0, 0.05) is 24.6 Å². The van der Waals surface area contributed by atoms with E-state index < -0.39 is 73.9 Å². The molecule has 1 N–H and O–H groups in total. The molecule has 38 heavy (non-hydrogen) atoms. The molecule has 2 atom stereocenters. The molecule has 4 rings (SSSR count). The molecule has 2 heterocycles. The van der Waals surface area contributed by atoms with Crippen molar-refractivity contribution in [2.75, 3.05) is 6.54 Å². The van der Waals surface area contributed by atoms with Crippen LogP contribution < -0.4 is 5.32 Å². The Labute approximate surface area is 217 Å². The molecule has 1 aromatic carbocycles. The Hall–Kier alpha value is -3.60. The van der Waals surface area contributed by atoms with Crippen LogP contribution in [0.15, 0.2) is 41.8 Å². The van der Waals surface area contributed by atoms with Crippen molar-refractivity contribution in [3.8, 4) is 11.8 Å². The maximum Gasteiger partial charge on any atom is 0.417 e. The van der Waals surface area contributed by atoms with Gasteiger partial charge < -0.3 is 14.6 Å². The van der Waals surface area contributed by atoms with Gasteiger partial charge in [0.05, 0.1) is 28.1 Å². The Morgan fingerprint density at radius 2 is 1.92 bits per heavy atom. The van der Waals surface area contributed by atoms with Gasteiger partial charge in [-0.15, -0.1) is 0 Å². The topological polar surface area (TPSA) is 134 Å². The first kappa shape index (κ1) is 27.4. The van der Waals surface area contributed by atoms with Crippen molar-refractivity contribution in [1.82, 2.24) is 19.8 Å². The van der Waals surface area contributed by atoms with Crippen molar-refractivity contribution in [1.29, 1.82) is 5.26 Å². The molecule has 0 radical (unpaired) electrons. The summed E-state index contributed by atoms with van der Waals surface area (Å²) in [5.41, 5.74) is -3.40. The van der Waals surface area contributed by atoms with Gasteiger partial charge in [0.25, 0.3) is 0 Å². The average molecular weight is 554 g/mol. The van der Waals surface area contributed by atoms with Crippen LogP contribution in [0, 0.1) is 11.3 Å². The zero-order valence-electron chi connectivity index (χ0n) is 20.8. The van der Waals surface area contributed by atoms with Gasteiger partial charge in [-0.25, -0.2) is 18.2 Å². The second-order valence-electron chi connectivity index (χ2n) is 10.4. The van der Waals surface area contributed by atoms with E-state index in [1.165, 1.54) is 29.4 Å². The Morgan fingerprint density at radius 3 is 2.45 bits per heavy atom. The van der Waals surface area contributed by atoms with Crippen molar-refractivity contribution in [3.63, 3.8) is 0 Å². The van der Waals surface area contributed by atoms with E-state index in [9.17, 15) is 36.4 Å². The number of aromatic nitrogens is 2. The van der Waals surface area contributed by atoms with Crippen LogP contribution in [0.5, 0.6) is 0 Å². The van der Waals surface area contributed by atoms with Crippen LogP contribution in [-0.4, -0.2) is 63.8 Å². The van der Waals surface area contributed by atoms with Crippen molar-refractivity contribution < 1.29 is 35.9 Å². The van der Waals surface area contributed by atoms with E-state index >= 15 is 0 Å². The smallest absolute Gasteiger partial charge is 0.417 e. The van der Waals surface area contributed by atoms with Crippen molar-refractivity contribution in [3.05, 3.63) is 42.5 Å². The third kappa shape index (κ3) is 5.47. The van der Waals surface area contributed by atoms with Crippen LogP contribution in [0.25, 0.3) is 5.69 Å². The van der Waals surface area contributed by atoms with Gasteiger partial charge in [-0.05, 0) is 58.2 Å². The van der Waals surface area contributed by atoms with Gasteiger partial charge in [0.15, 0.2) is 9.84 Å². The highest BCUT2D eigenvalue weighted by Gasteiger charge is 2.52. The molecular weight excluding hydrogens is 527 g/mol. The molecule has 0 bridgehead atoms. The van der Waals surface area contributed by atoms with E-state index in [0.717, 1.165) is 11.0 Å². The van der Waals surface area contributed by atoms with Crippen LogP contribution in [-0.2, 0) is 25.5 Å². The number of likely N-dealkylation sites (tertiary alicyclic amines) is 1. The molecule has 0 unspecified atom stereocenters. The molecule has 204 valence electrons. The summed E-state index contributed by atoms with van der Waals surface area (Å²) in [6.45, 7) is 4.18. The molecule has 1 saturated carbocycles. The monoisotopic (exact) mass is 553 g/mol. The number of carbonyl (C=O) groups is 2. The first-order chi connectivity index (χ1) is 17.6. The maximum atomic E-state index is 14.0. The molecule has 1 aliphatic heterocycles. The number of ether oxygens (including phenoxy) is 1. The molecule has 2 amide bonds. The quantitative estimate of drug-likeness (QED) is 0.601. The second kappa shape index (κ2) is 9.30. The summed E-state index contributed by atoms with van der Waals surface area (Å²) in [7, 11) is -4.69. The Morgan fingerprint density at radius 1 is 1.24 bits per heavy atom. The first-order valence-electron chi connectivity index (χ1n) is 11.7. The third-order valence-electron chi connectivity index (χ3n) is 6.34. The van der Waals surface area contributed by atoms with Gasteiger partial charge in [-0.1, -0.05) is 0 Å². The third-order valence-corrected chi connectivity index (χ3v) is 8.52. The second-order valence-corrected chi connectivity index (χ2v) is 12.6. The highest BCUT2D eigenvalue weighted by molar-refractivity contribution is 7.92. The number of halogens is 3. The summed E-state index contributed by atoms with van der Waals surface area (Å²) in [5, 5.41) is 10.3. The molecule has 1 saturated heterocycles. The lowest BCUT2D eigenvalue weighted by molar-refractivity contribution is -0.139. The SMILES string of the molecule is CC(C)(C)OC(=O)N1C[C@H](S(=O)(=O)c2ccc(-n3ccnc3)cc2C(F)(F)F)C[C@H]1C(=O)NC1(C#N)CC1. The molecule has 2 aromatic rings. The molecule has 2 aliphatic rings. The summed E-state index contributed by atoms with van der Waals surface area (Å²) in [4.78, 5) is 29.7. The normalized spacial score (nSPS) is 21.0. The fourth-order valence-corrected chi connectivity index (χ4v) is 6.13. The zero-order chi connectivity index (χ0) is 28.1. The number of nitriles is 1. The summed E-state index contributed by atoms with van der Waals surface area (Å²) >= 11 is 0. The Balaban J connectivity index is 1.70. The number of nitrogens with one attached hydrogen (secondary N) is 1. The largest absolute Gasteiger partial charge is 0.444 e. The number of carbonyl (C=O) groups excluding carboxylic acids is 2. The van der Waals surface area contributed by atoms with Gasteiger partial charge in [-0.2, -0.15) is 18.4 Å². The Bertz CT molecular complexity index is 1390. The van der Waals surface area contributed by atoms with Crippen LogP contribution in [0.3, 0.4) is 0 Å². The first-order valence-corrected chi connectivity index (χ1v) is 13.3. The molecule has 14 heteroatoms. The van der Waals surface area contributed by atoms with Crippen LogP contribution in [0.4, 0.5) is 18.0 Å². The number of sulfone groups is 1. The standard InChI is InChI=1S/C24H26F3N5O5S/c1-22(2,3)37-21(34)32-12-16(11-18(32)20(33)30-23(13-28)6-7-23)38(35,36)19-5-4-15(31-9-8-29-14-31)10-17(19)24(25,26)27/h4-5,8-10,14,16,18H,6-7,11-12H2,1-3H3,(H,30,33)/t16-,18+/m1/s1. The molecular formula is C24H26F3N5O5S.